The van der Waals surface area contributed by atoms with Gasteiger partial charge in [0.25, 0.3) is 0 Å². The Bertz CT molecular complexity index is 559. The second kappa shape index (κ2) is 6.53. The van der Waals surface area contributed by atoms with Crippen LogP contribution in [0.1, 0.15) is 28.0 Å². The van der Waals surface area contributed by atoms with Crippen LogP contribution in [-0.4, -0.2) is 5.91 Å². The van der Waals surface area contributed by atoms with Gasteiger partial charge < -0.3 is 5.32 Å². The molecule has 0 saturated carbocycles. The van der Waals surface area contributed by atoms with Crippen LogP contribution in [0.15, 0.2) is 35.7 Å². The minimum Gasteiger partial charge on any atom is -0.351 e. The lowest BCUT2D eigenvalue weighted by molar-refractivity contribution is -0.121. The number of aryl methyl sites for hydroxylation is 3. The summed E-state index contributed by atoms with van der Waals surface area (Å²) in [6.07, 6.45) is 1.35. The molecule has 0 aliphatic carbocycles. The van der Waals surface area contributed by atoms with Crippen LogP contribution >= 0.6 is 11.3 Å². The monoisotopic (exact) mass is 273 g/mol. The van der Waals surface area contributed by atoms with Crippen molar-refractivity contribution in [2.75, 3.05) is 0 Å². The minimum atomic E-state index is 0.120. The lowest BCUT2D eigenvalue weighted by Crippen LogP contribution is -2.22. The van der Waals surface area contributed by atoms with Crippen molar-refractivity contribution >= 4 is 17.2 Å². The average Bonchev–Trinajstić information content (AvgIpc) is 2.80. The van der Waals surface area contributed by atoms with E-state index in [2.05, 4.69) is 48.8 Å². The van der Waals surface area contributed by atoms with Crippen molar-refractivity contribution in [3.8, 4) is 0 Å². The number of hydrogen-bond acceptors (Lipinski definition) is 2. The summed E-state index contributed by atoms with van der Waals surface area (Å²) in [6.45, 7) is 4.80. The molecule has 1 heterocycles. The molecule has 0 bridgehead atoms. The number of hydrogen-bond donors (Lipinski definition) is 1. The molecule has 2 nitrogen and oxygen atoms in total. The number of nitrogens with one attached hydrogen (secondary N) is 1. The molecule has 100 valence electrons. The van der Waals surface area contributed by atoms with E-state index >= 15 is 0 Å². The van der Waals surface area contributed by atoms with E-state index in [0.717, 1.165) is 6.42 Å². The van der Waals surface area contributed by atoms with Crippen molar-refractivity contribution in [2.24, 2.45) is 0 Å². The van der Waals surface area contributed by atoms with Gasteiger partial charge in [0.2, 0.25) is 5.91 Å². The average molecular weight is 273 g/mol. The van der Waals surface area contributed by atoms with Gasteiger partial charge in [0.05, 0.1) is 6.54 Å². The molecule has 19 heavy (non-hydrogen) atoms. The highest BCUT2D eigenvalue weighted by molar-refractivity contribution is 7.10. The molecular formula is C16H19NOS. The zero-order chi connectivity index (χ0) is 13.7. The Labute approximate surface area is 118 Å². The van der Waals surface area contributed by atoms with Crippen molar-refractivity contribution < 1.29 is 4.79 Å². The van der Waals surface area contributed by atoms with Crippen molar-refractivity contribution in [2.45, 2.75) is 33.2 Å². The third-order valence-electron chi connectivity index (χ3n) is 3.14. The fraction of sp³-hybridized carbons (Fsp3) is 0.312. The Morgan fingerprint density at radius 3 is 2.79 bits per heavy atom. The van der Waals surface area contributed by atoms with Crippen LogP contribution in [0.2, 0.25) is 0 Å². The summed E-state index contributed by atoms with van der Waals surface area (Å²) in [5.74, 6) is 0.120. The molecular weight excluding hydrogens is 254 g/mol. The molecule has 2 rings (SSSR count). The first kappa shape index (κ1) is 13.8. The molecule has 0 saturated heterocycles. The van der Waals surface area contributed by atoms with E-state index in [1.807, 2.05) is 6.07 Å². The lowest BCUT2D eigenvalue weighted by Gasteiger charge is -2.05. The van der Waals surface area contributed by atoms with Gasteiger partial charge in [-0.05, 0) is 42.8 Å². The van der Waals surface area contributed by atoms with E-state index in [1.165, 1.54) is 21.6 Å². The maximum Gasteiger partial charge on any atom is 0.220 e. The fourth-order valence-corrected chi connectivity index (χ4v) is 2.82. The standard InChI is InChI=1S/C16H19NOS/c1-12-4-3-5-14(10-12)6-7-16(18)17-11-15-13(2)8-9-19-15/h3-5,8-10H,6-7,11H2,1-2H3,(H,17,18). The predicted octanol–water partition coefficient (Wildman–Crippen LogP) is 3.61. The first-order valence-corrected chi connectivity index (χ1v) is 7.38. The van der Waals surface area contributed by atoms with E-state index < -0.39 is 0 Å². The Kier molecular flexibility index (Phi) is 4.74. The molecule has 1 N–H and O–H groups in total. The third kappa shape index (κ3) is 4.21. The first-order valence-electron chi connectivity index (χ1n) is 6.50. The van der Waals surface area contributed by atoms with Gasteiger partial charge in [0.1, 0.15) is 0 Å². The predicted molar refractivity (Wildman–Crippen MR) is 80.4 cm³/mol. The maximum atomic E-state index is 11.8. The zero-order valence-electron chi connectivity index (χ0n) is 11.4. The molecule has 0 fully saturated rings. The highest BCUT2D eigenvalue weighted by Gasteiger charge is 2.04. The first-order chi connectivity index (χ1) is 9.15. The van der Waals surface area contributed by atoms with Crippen molar-refractivity contribution in [3.63, 3.8) is 0 Å². The van der Waals surface area contributed by atoms with Gasteiger partial charge in [-0.15, -0.1) is 11.3 Å². The number of amides is 1. The molecule has 3 heteroatoms. The van der Waals surface area contributed by atoms with E-state index in [4.69, 9.17) is 0 Å². The summed E-state index contributed by atoms with van der Waals surface area (Å²) in [4.78, 5) is 13.0. The van der Waals surface area contributed by atoms with E-state index in [0.29, 0.717) is 13.0 Å². The van der Waals surface area contributed by atoms with Gasteiger partial charge in [0.15, 0.2) is 0 Å². The van der Waals surface area contributed by atoms with E-state index in [9.17, 15) is 4.79 Å². The molecule has 0 unspecified atom stereocenters. The highest BCUT2D eigenvalue weighted by Crippen LogP contribution is 2.15. The second-order valence-corrected chi connectivity index (χ2v) is 5.79. The van der Waals surface area contributed by atoms with Crippen LogP contribution in [0.5, 0.6) is 0 Å². The van der Waals surface area contributed by atoms with Gasteiger partial charge in [-0.3, -0.25) is 4.79 Å². The molecule has 1 aromatic carbocycles. The summed E-state index contributed by atoms with van der Waals surface area (Å²) >= 11 is 1.69. The molecule has 0 atom stereocenters. The summed E-state index contributed by atoms with van der Waals surface area (Å²) in [6, 6.07) is 10.4. The Balaban J connectivity index is 1.77. The van der Waals surface area contributed by atoms with Crippen LogP contribution < -0.4 is 5.32 Å². The summed E-state index contributed by atoms with van der Waals surface area (Å²) in [7, 11) is 0. The number of benzene rings is 1. The second-order valence-electron chi connectivity index (χ2n) is 4.79. The van der Waals surface area contributed by atoms with Gasteiger partial charge in [-0.2, -0.15) is 0 Å². The van der Waals surface area contributed by atoms with Crippen molar-refractivity contribution in [1.29, 1.82) is 0 Å². The number of thiophene rings is 1. The lowest BCUT2D eigenvalue weighted by atomic mass is 10.1. The highest BCUT2D eigenvalue weighted by atomic mass is 32.1. The zero-order valence-corrected chi connectivity index (χ0v) is 12.2. The summed E-state index contributed by atoms with van der Waals surface area (Å²) < 4.78 is 0. The normalized spacial score (nSPS) is 10.4. The van der Waals surface area contributed by atoms with Crippen LogP contribution in [0.25, 0.3) is 0 Å². The Morgan fingerprint density at radius 1 is 1.26 bits per heavy atom. The summed E-state index contributed by atoms with van der Waals surface area (Å²) in [5, 5.41) is 5.04. The minimum absolute atomic E-state index is 0.120. The van der Waals surface area contributed by atoms with Gasteiger partial charge in [-0.1, -0.05) is 29.8 Å². The SMILES string of the molecule is Cc1cccc(CCC(=O)NCc2sccc2C)c1. The largest absolute Gasteiger partial charge is 0.351 e. The molecule has 1 aromatic heterocycles. The van der Waals surface area contributed by atoms with Crippen LogP contribution in [0.3, 0.4) is 0 Å². The molecule has 0 aliphatic rings. The Morgan fingerprint density at radius 2 is 2.11 bits per heavy atom. The van der Waals surface area contributed by atoms with Gasteiger partial charge in [0, 0.05) is 11.3 Å². The Hall–Kier alpha value is -1.61. The molecule has 0 radical (unpaired) electrons. The van der Waals surface area contributed by atoms with E-state index in [1.54, 1.807) is 11.3 Å². The van der Waals surface area contributed by atoms with E-state index in [-0.39, 0.29) is 5.91 Å². The van der Waals surface area contributed by atoms with Gasteiger partial charge >= 0.3 is 0 Å². The maximum absolute atomic E-state index is 11.8. The number of carbonyl (C=O) groups excluding carboxylic acids is 1. The molecule has 1 amide bonds. The quantitative estimate of drug-likeness (QED) is 0.886. The van der Waals surface area contributed by atoms with Crippen LogP contribution in [0, 0.1) is 13.8 Å². The fourth-order valence-electron chi connectivity index (χ4n) is 1.98. The molecule has 0 spiro atoms. The third-order valence-corrected chi connectivity index (χ3v) is 4.16. The molecule has 0 aliphatic heterocycles. The smallest absolute Gasteiger partial charge is 0.220 e. The summed E-state index contributed by atoms with van der Waals surface area (Å²) in [5.41, 5.74) is 3.72. The number of rotatable bonds is 5. The molecule has 2 aromatic rings. The van der Waals surface area contributed by atoms with Crippen molar-refractivity contribution in [1.82, 2.24) is 5.32 Å². The topological polar surface area (TPSA) is 29.1 Å². The van der Waals surface area contributed by atoms with Crippen LogP contribution in [-0.2, 0) is 17.8 Å². The van der Waals surface area contributed by atoms with Crippen molar-refractivity contribution in [3.05, 3.63) is 57.3 Å². The van der Waals surface area contributed by atoms with Gasteiger partial charge in [-0.25, -0.2) is 0 Å². The van der Waals surface area contributed by atoms with Crippen LogP contribution in [0.4, 0.5) is 0 Å². The number of carbonyl (C=O) groups is 1.